The number of ether oxygens (including phenoxy) is 2. The molecule has 57 heavy (non-hydrogen) atoms. The van der Waals surface area contributed by atoms with E-state index in [0.717, 1.165) is 28.3 Å². The van der Waals surface area contributed by atoms with Crippen LogP contribution in [0.1, 0.15) is 53.0 Å². The van der Waals surface area contributed by atoms with E-state index < -0.39 is 60.3 Å². The van der Waals surface area contributed by atoms with Crippen molar-refractivity contribution in [1.82, 2.24) is 10.6 Å². The zero-order valence-electron chi connectivity index (χ0n) is 31.1. The van der Waals surface area contributed by atoms with Crippen molar-refractivity contribution in [2.75, 3.05) is 12.4 Å². The van der Waals surface area contributed by atoms with E-state index in [-0.39, 0.29) is 22.3 Å². The molecule has 5 aromatic rings. The van der Waals surface area contributed by atoms with Crippen LogP contribution in [-0.2, 0) is 24.8 Å². The molecule has 1 heterocycles. The number of rotatable bonds is 17. The van der Waals surface area contributed by atoms with E-state index in [4.69, 9.17) is 9.47 Å². The van der Waals surface area contributed by atoms with Crippen molar-refractivity contribution in [3.05, 3.63) is 173 Å². The minimum atomic E-state index is -4.73. The predicted octanol–water partition coefficient (Wildman–Crippen LogP) is 8.73. The summed E-state index contributed by atoms with van der Waals surface area (Å²) in [6.45, 7) is 2.95. The summed E-state index contributed by atoms with van der Waals surface area (Å²) in [4.78, 5) is 41.6. The number of halogens is 3. The molecule has 5 aromatic carbocycles. The van der Waals surface area contributed by atoms with Crippen molar-refractivity contribution in [2.45, 2.75) is 49.1 Å². The number of carbonyl (C=O) groups excluding carboxylic acids is 3. The van der Waals surface area contributed by atoms with E-state index in [1.165, 1.54) is 30.0 Å². The lowest BCUT2D eigenvalue weighted by Gasteiger charge is -2.28. The standard InChI is InChI=1S/C44H41F3N4O5S/c1-29(2)38(42(54)56-39(30-16-7-3-8-17-30)31-18-9-4-10-19-31)49-41(53)36(28-57-40(32-20-11-5-12-21-32)33-22-13-6-14-23-33)48-37(52)27-55-35-25-15-24-34(26-35)43(50-51-43)44(45,46)47/h3-26,29,36,38-40H,27-28H2,1-2H3,(H,48,52)(H,49,53)/t36-,38+/m0/s1. The fourth-order valence-corrected chi connectivity index (χ4v) is 7.49. The average Bonchev–Trinajstić information content (AvgIpc) is 4.05. The number of esters is 1. The number of alkyl halides is 3. The van der Waals surface area contributed by atoms with E-state index in [9.17, 15) is 27.6 Å². The Kier molecular flexibility index (Phi) is 13.1. The molecule has 0 fully saturated rings. The number of carbonyl (C=O) groups is 3. The largest absolute Gasteiger partial charge is 0.484 e. The lowest BCUT2D eigenvalue weighted by molar-refractivity contribution is -0.166. The van der Waals surface area contributed by atoms with Crippen molar-refractivity contribution >= 4 is 29.5 Å². The van der Waals surface area contributed by atoms with Crippen LogP contribution in [0.2, 0.25) is 0 Å². The highest BCUT2D eigenvalue weighted by atomic mass is 32.2. The summed E-state index contributed by atoms with van der Waals surface area (Å²) >= 11 is 1.42. The van der Waals surface area contributed by atoms with Crippen molar-refractivity contribution in [2.24, 2.45) is 16.1 Å². The van der Waals surface area contributed by atoms with Gasteiger partial charge in [-0.05, 0) is 40.3 Å². The summed E-state index contributed by atoms with van der Waals surface area (Å²) in [7, 11) is 0. The third kappa shape index (κ3) is 10.3. The summed E-state index contributed by atoms with van der Waals surface area (Å²) in [5, 5.41) is 11.8. The van der Waals surface area contributed by atoms with Crippen LogP contribution in [0.3, 0.4) is 0 Å². The van der Waals surface area contributed by atoms with Crippen molar-refractivity contribution < 1.29 is 37.0 Å². The zero-order chi connectivity index (χ0) is 40.4. The molecule has 0 saturated carbocycles. The van der Waals surface area contributed by atoms with Gasteiger partial charge in [-0.3, -0.25) is 9.59 Å². The van der Waals surface area contributed by atoms with E-state index in [2.05, 4.69) is 20.9 Å². The Morgan fingerprint density at radius 3 is 1.68 bits per heavy atom. The molecule has 13 heteroatoms. The Morgan fingerprint density at radius 2 is 1.21 bits per heavy atom. The maximum absolute atomic E-state index is 14.2. The molecule has 0 radical (unpaired) electrons. The van der Waals surface area contributed by atoms with Crippen LogP contribution in [0.15, 0.2) is 156 Å². The molecule has 1 aliphatic heterocycles. The number of hydrogen-bond acceptors (Lipinski definition) is 8. The Morgan fingerprint density at radius 1 is 0.702 bits per heavy atom. The van der Waals surface area contributed by atoms with Gasteiger partial charge in [0.1, 0.15) is 17.8 Å². The maximum Gasteiger partial charge on any atom is 0.442 e. The maximum atomic E-state index is 14.2. The first-order chi connectivity index (χ1) is 27.4. The zero-order valence-corrected chi connectivity index (χ0v) is 32.0. The number of hydrogen-bond donors (Lipinski definition) is 2. The van der Waals surface area contributed by atoms with E-state index >= 15 is 0 Å². The highest BCUT2D eigenvalue weighted by molar-refractivity contribution is 7.99. The summed E-state index contributed by atoms with van der Waals surface area (Å²) in [5.41, 5.74) is 0.553. The first kappa shape index (κ1) is 40.7. The molecule has 294 valence electrons. The van der Waals surface area contributed by atoms with Gasteiger partial charge in [0.25, 0.3) is 5.91 Å². The van der Waals surface area contributed by atoms with Gasteiger partial charge in [-0.1, -0.05) is 147 Å². The highest BCUT2D eigenvalue weighted by Gasteiger charge is 2.65. The third-order valence-corrected chi connectivity index (χ3v) is 10.6. The Balaban J connectivity index is 1.21. The minimum absolute atomic E-state index is 0.0128. The van der Waals surface area contributed by atoms with E-state index in [0.29, 0.717) is 0 Å². The second-order valence-corrected chi connectivity index (χ2v) is 14.8. The monoisotopic (exact) mass is 794 g/mol. The minimum Gasteiger partial charge on any atom is -0.484 e. The first-order valence-corrected chi connectivity index (χ1v) is 19.4. The molecule has 0 saturated heterocycles. The molecule has 0 spiro atoms. The molecule has 2 amide bonds. The summed E-state index contributed by atoms with van der Waals surface area (Å²) < 4.78 is 52.6. The molecule has 0 aromatic heterocycles. The van der Waals surface area contributed by atoms with E-state index in [1.807, 2.05) is 121 Å². The molecule has 9 nitrogen and oxygen atoms in total. The second-order valence-electron chi connectivity index (χ2n) is 13.7. The van der Waals surface area contributed by atoms with Crippen molar-refractivity contribution in [1.29, 1.82) is 0 Å². The van der Waals surface area contributed by atoms with Crippen LogP contribution in [0.5, 0.6) is 5.75 Å². The number of thioether (sulfide) groups is 1. The average molecular weight is 795 g/mol. The van der Waals surface area contributed by atoms with Gasteiger partial charge in [0.05, 0.1) is 5.25 Å². The summed E-state index contributed by atoms with van der Waals surface area (Å²) in [6.07, 6.45) is -5.48. The van der Waals surface area contributed by atoms with Crippen LogP contribution in [0.25, 0.3) is 0 Å². The van der Waals surface area contributed by atoms with Crippen LogP contribution in [0.4, 0.5) is 13.2 Å². The van der Waals surface area contributed by atoms with Gasteiger partial charge in [-0.2, -0.15) is 13.2 Å². The molecule has 2 N–H and O–H groups in total. The molecular weight excluding hydrogens is 754 g/mol. The summed E-state index contributed by atoms with van der Waals surface area (Å²) in [5.74, 6) is -2.33. The third-order valence-electron chi connectivity index (χ3n) is 9.24. The quantitative estimate of drug-likeness (QED) is 0.0910. The smallest absolute Gasteiger partial charge is 0.442 e. The fourth-order valence-electron chi connectivity index (χ4n) is 6.17. The van der Waals surface area contributed by atoms with Gasteiger partial charge in [-0.25, -0.2) is 4.79 Å². The Labute approximate surface area is 333 Å². The van der Waals surface area contributed by atoms with Crippen molar-refractivity contribution in [3.8, 4) is 5.75 Å². The number of nitrogens with zero attached hydrogens (tertiary/aromatic N) is 2. The predicted molar refractivity (Wildman–Crippen MR) is 211 cm³/mol. The fraction of sp³-hybridized carbons (Fsp3) is 0.250. The number of benzene rings is 5. The SMILES string of the molecule is CC(C)[C@@H](NC(=O)[C@H](CSC(c1ccccc1)c1ccccc1)NC(=O)COc1cccc(C2(C(F)(F)F)N=N2)c1)C(=O)OC(c1ccccc1)c1ccccc1. The molecule has 0 bridgehead atoms. The molecular formula is C44H41F3N4O5S. The normalized spacial score (nSPS) is 14.2. The van der Waals surface area contributed by atoms with Gasteiger partial charge in [0.2, 0.25) is 5.91 Å². The first-order valence-electron chi connectivity index (χ1n) is 18.3. The molecule has 6 rings (SSSR count). The van der Waals surface area contributed by atoms with Crippen LogP contribution < -0.4 is 15.4 Å². The lowest BCUT2D eigenvalue weighted by Crippen LogP contribution is -2.55. The molecule has 1 aliphatic rings. The lowest BCUT2D eigenvalue weighted by atomic mass is 10.0. The number of nitrogens with one attached hydrogen (secondary N) is 2. The number of amides is 2. The van der Waals surface area contributed by atoms with Gasteiger partial charge >= 0.3 is 17.8 Å². The van der Waals surface area contributed by atoms with Gasteiger partial charge in [-0.15, -0.1) is 22.0 Å². The highest BCUT2D eigenvalue weighted by Crippen LogP contribution is 2.52. The molecule has 2 atom stereocenters. The van der Waals surface area contributed by atoms with Gasteiger partial charge in [0.15, 0.2) is 12.7 Å². The Bertz CT molecular complexity index is 2060. The summed E-state index contributed by atoms with van der Waals surface area (Å²) in [6, 6.07) is 40.8. The Hall–Kier alpha value is -5.95. The van der Waals surface area contributed by atoms with Gasteiger partial charge < -0.3 is 20.1 Å². The molecule has 0 unspecified atom stereocenters. The molecule has 0 aliphatic carbocycles. The van der Waals surface area contributed by atoms with Crippen LogP contribution >= 0.6 is 11.8 Å². The second kappa shape index (κ2) is 18.3. The van der Waals surface area contributed by atoms with Crippen molar-refractivity contribution in [3.63, 3.8) is 0 Å². The van der Waals surface area contributed by atoms with Crippen LogP contribution in [0, 0.1) is 5.92 Å². The topological polar surface area (TPSA) is 118 Å². The van der Waals surface area contributed by atoms with Crippen LogP contribution in [-0.4, -0.2) is 48.4 Å². The van der Waals surface area contributed by atoms with E-state index in [1.54, 1.807) is 13.8 Å². The van der Waals surface area contributed by atoms with Gasteiger partial charge in [0, 0.05) is 11.3 Å².